The largest absolute Gasteiger partial charge is 0.345 e. The van der Waals surface area contributed by atoms with Gasteiger partial charge in [-0.1, -0.05) is 36.8 Å². The molecule has 0 atom stereocenters. The van der Waals surface area contributed by atoms with E-state index in [0.717, 1.165) is 24.1 Å². The van der Waals surface area contributed by atoms with Crippen molar-refractivity contribution < 1.29 is 4.39 Å². The third-order valence-corrected chi connectivity index (χ3v) is 4.80. The van der Waals surface area contributed by atoms with Crippen molar-refractivity contribution in [3.05, 3.63) is 57.3 Å². The average Bonchev–Trinajstić information content (AvgIpc) is 2.96. The first-order valence-electron chi connectivity index (χ1n) is 7.84. The molecule has 0 saturated carbocycles. The SMILES string of the molecule is CCCc1cc(=O)n2nc(N(C)Cc3ccc(C)c(F)c3)sc2n1. The van der Waals surface area contributed by atoms with Crippen LogP contribution >= 0.6 is 11.3 Å². The van der Waals surface area contributed by atoms with E-state index in [9.17, 15) is 9.18 Å². The van der Waals surface area contributed by atoms with E-state index in [4.69, 9.17) is 0 Å². The van der Waals surface area contributed by atoms with Crippen molar-refractivity contribution in [2.45, 2.75) is 33.2 Å². The number of halogens is 1. The van der Waals surface area contributed by atoms with Crippen LogP contribution in [0.4, 0.5) is 9.52 Å². The average molecular weight is 346 g/mol. The quantitative estimate of drug-likeness (QED) is 0.712. The van der Waals surface area contributed by atoms with Gasteiger partial charge >= 0.3 is 0 Å². The van der Waals surface area contributed by atoms with Crippen molar-refractivity contribution in [3.63, 3.8) is 0 Å². The summed E-state index contributed by atoms with van der Waals surface area (Å²) in [6.45, 7) is 4.30. The zero-order valence-corrected chi connectivity index (χ0v) is 14.7. The van der Waals surface area contributed by atoms with Gasteiger partial charge in [0.25, 0.3) is 5.56 Å². The lowest BCUT2D eigenvalue weighted by Gasteiger charge is -2.15. The monoisotopic (exact) mass is 346 g/mol. The molecular formula is C17H19FN4OS. The minimum absolute atomic E-state index is 0.166. The standard InChI is InChI=1S/C17H19FN4OS/c1-4-5-13-9-15(23)22-16(19-13)24-17(20-22)21(3)10-12-7-6-11(2)14(18)8-12/h6-9H,4-5,10H2,1-3H3. The van der Waals surface area contributed by atoms with E-state index in [1.807, 2.05) is 18.0 Å². The third-order valence-electron chi connectivity index (χ3n) is 3.78. The number of hydrogen-bond acceptors (Lipinski definition) is 5. The van der Waals surface area contributed by atoms with Crippen LogP contribution in [0.3, 0.4) is 0 Å². The number of aromatic nitrogens is 3. The maximum atomic E-state index is 13.7. The lowest BCUT2D eigenvalue weighted by Crippen LogP contribution is -2.19. The molecule has 0 saturated heterocycles. The highest BCUT2D eigenvalue weighted by Crippen LogP contribution is 2.22. The van der Waals surface area contributed by atoms with Crippen LogP contribution in [0.5, 0.6) is 0 Å². The van der Waals surface area contributed by atoms with Crippen LogP contribution in [0.2, 0.25) is 0 Å². The Hall–Kier alpha value is -2.28. The van der Waals surface area contributed by atoms with Crippen molar-refractivity contribution in [2.24, 2.45) is 0 Å². The molecular weight excluding hydrogens is 327 g/mol. The summed E-state index contributed by atoms with van der Waals surface area (Å²) in [5.41, 5.74) is 2.11. The molecule has 0 aliphatic rings. The van der Waals surface area contributed by atoms with E-state index >= 15 is 0 Å². The van der Waals surface area contributed by atoms with Crippen LogP contribution in [0.1, 0.15) is 30.2 Å². The lowest BCUT2D eigenvalue weighted by atomic mass is 10.1. The fraction of sp³-hybridized carbons (Fsp3) is 0.353. The predicted molar refractivity (Wildman–Crippen MR) is 94.4 cm³/mol. The van der Waals surface area contributed by atoms with Gasteiger partial charge in [-0.3, -0.25) is 4.79 Å². The Balaban J connectivity index is 1.89. The molecule has 7 heteroatoms. The Morgan fingerprint density at radius 3 is 2.83 bits per heavy atom. The molecule has 0 aliphatic heterocycles. The van der Waals surface area contributed by atoms with Gasteiger partial charge in [0.15, 0.2) is 0 Å². The summed E-state index contributed by atoms with van der Waals surface area (Å²) in [5.74, 6) is -0.215. The van der Waals surface area contributed by atoms with Gasteiger partial charge in [-0.2, -0.15) is 4.52 Å². The minimum atomic E-state index is -0.215. The van der Waals surface area contributed by atoms with Crippen LogP contribution in [-0.4, -0.2) is 21.6 Å². The lowest BCUT2D eigenvalue weighted by molar-refractivity contribution is 0.615. The molecule has 24 heavy (non-hydrogen) atoms. The number of anilines is 1. The van der Waals surface area contributed by atoms with Gasteiger partial charge in [0, 0.05) is 25.4 Å². The van der Waals surface area contributed by atoms with Crippen LogP contribution in [0.25, 0.3) is 4.96 Å². The molecule has 126 valence electrons. The van der Waals surface area contributed by atoms with E-state index in [-0.39, 0.29) is 11.4 Å². The normalized spacial score (nSPS) is 11.2. The molecule has 0 aliphatic carbocycles. The van der Waals surface area contributed by atoms with Gasteiger partial charge in [-0.05, 0) is 30.5 Å². The van der Waals surface area contributed by atoms with Crippen molar-refractivity contribution in [1.82, 2.24) is 14.6 Å². The van der Waals surface area contributed by atoms with E-state index in [1.54, 1.807) is 13.0 Å². The summed E-state index contributed by atoms with van der Waals surface area (Å²) >= 11 is 1.36. The second-order valence-electron chi connectivity index (χ2n) is 5.85. The molecule has 0 N–H and O–H groups in total. The van der Waals surface area contributed by atoms with E-state index < -0.39 is 0 Å². The smallest absolute Gasteiger partial charge is 0.275 e. The topological polar surface area (TPSA) is 50.5 Å². The summed E-state index contributed by atoms with van der Waals surface area (Å²) in [4.78, 5) is 19.1. The van der Waals surface area contributed by atoms with Crippen molar-refractivity contribution in [3.8, 4) is 0 Å². The number of nitrogens with zero attached hydrogens (tertiary/aromatic N) is 4. The zero-order valence-electron chi connectivity index (χ0n) is 13.9. The van der Waals surface area contributed by atoms with E-state index in [2.05, 4.69) is 17.0 Å². The summed E-state index contributed by atoms with van der Waals surface area (Å²) < 4.78 is 15.0. The van der Waals surface area contributed by atoms with Crippen molar-refractivity contribution in [1.29, 1.82) is 0 Å². The van der Waals surface area contributed by atoms with Gasteiger partial charge < -0.3 is 4.90 Å². The van der Waals surface area contributed by atoms with Gasteiger partial charge in [0.2, 0.25) is 10.1 Å². The molecule has 3 aromatic rings. The number of fused-ring (bicyclic) bond motifs is 1. The number of aryl methyl sites for hydroxylation is 2. The molecule has 0 bridgehead atoms. The maximum absolute atomic E-state index is 13.7. The van der Waals surface area contributed by atoms with Crippen LogP contribution in [-0.2, 0) is 13.0 Å². The summed E-state index contributed by atoms with van der Waals surface area (Å²) in [7, 11) is 1.87. The third kappa shape index (κ3) is 3.31. The molecule has 5 nitrogen and oxygen atoms in total. The molecule has 3 rings (SSSR count). The van der Waals surface area contributed by atoms with Gasteiger partial charge in [0.1, 0.15) is 5.82 Å². The van der Waals surface area contributed by atoms with Crippen molar-refractivity contribution >= 4 is 21.4 Å². The molecule has 2 aromatic heterocycles. The van der Waals surface area contributed by atoms with Gasteiger partial charge in [-0.15, -0.1) is 5.10 Å². The molecule has 0 fully saturated rings. The second-order valence-corrected chi connectivity index (χ2v) is 6.79. The Morgan fingerprint density at radius 1 is 1.33 bits per heavy atom. The second kappa shape index (κ2) is 6.68. The highest BCUT2D eigenvalue weighted by atomic mass is 32.1. The molecule has 2 heterocycles. The molecule has 0 radical (unpaired) electrons. The molecule has 1 aromatic carbocycles. The first kappa shape index (κ1) is 16.6. The summed E-state index contributed by atoms with van der Waals surface area (Å²) in [6, 6.07) is 6.73. The molecule has 0 amide bonds. The highest BCUT2D eigenvalue weighted by Gasteiger charge is 2.13. The number of benzene rings is 1. The minimum Gasteiger partial charge on any atom is -0.345 e. The Kier molecular flexibility index (Phi) is 4.62. The fourth-order valence-electron chi connectivity index (χ4n) is 2.46. The number of hydrogen-bond donors (Lipinski definition) is 0. The first-order chi connectivity index (χ1) is 11.5. The van der Waals surface area contributed by atoms with Gasteiger partial charge in [-0.25, -0.2) is 9.37 Å². The summed E-state index contributed by atoms with van der Waals surface area (Å²) in [5, 5.41) is 5.02. The van der Waals surface area contributed by atoms with Crippen molar-refractivity contribution in [2.75, 3.05) is 11.9 Å². The maximum Gasteiger partial charge on any atom is 0.275 e. The molecule has 0 unspecified atom stereocenters. The fourth-order valence-corrected chi connectivity index (χ4v) is 3.35. The Morgan fingerprint density at radius 2 is 2.12 bits per heavy atom. The van der Waals surface area contributed by atoms with Crippen LogP contribution in [0, 0.1) is 12.7 Å². The Labute approximate surface area is 143 Å². The first-order valence-corrected chi connectivity index (χ1v) is 8.65. The van der Waals surface area contributed by atoms with E-state index in [0.29, 0.717) is 22.2 Å². The van der Waals surface area contributed by atoms with Crippen LogP contribution in [0.15, 0.2) is 29.1 Å². The van der Waals surface area contributed by atoms with Gasteiger partial charge in [0.05, 0.1) is 0 Å². The predicted octanol–water partition coefficient (Wildman–Crippen LogP) is 3.19. The van der Waals surface area contributed by atoms with Crippen LogP contribution < -0.4 is 10.5 Å². The summed E-state index contributed by atoms with van der Waals surface area (Å²) in [6.07, 6.45) is 1.71. The Bertz CT molecular complexity index is 934. The highest BCUT2D eigenvalue weighted by molar-refractivity contribution is 7.20. The zero-order chi connectivity index (χ0) is 17.3. The molecule has 0 spiro atoms. The van der Waals surface area contributed by atoms with E-state index in [1.165, 1.54) is 28.0 Å². The number of rotatable bonds is 5.